The molecule has 0 unspecified atom stereocenters. The first-order valence-corrected chi connectivity index (χ1v) is 11.7. The van der Waals surface area contributed by atoms with Gasteiger partial charge in [-0.05, 0) is 49.9 Å². The summed E-state index contributed by atoms with van der Waals surface area (Å²) in [5.41, 5.74) is 2.89. The normalized spacial score (nSPS) is 19.2. The molecule has 0 radical (unpaired) electrons. The molecule has 3 aromatic rings. The Labute approximate surface area is 186 Å². The van der Waals surface area contributed by atoms with Crippen molar-refractivity contribution in [2.75, 3.05) is 16.8 Å². The number of amides is 1. The minimum atomic E-state index is -0.148. The zero-order valence-corrected chi connectivity index (χ0v) is 18.1. The fraction of sp³-hybridized carbons (Fsp3) is 0.375. The highest BCUT2D eigenvalue weighted by atomic mass is 32.1. The molecule has 1 saturated carbocycles. The molecule has 1 aromatic carbocycles. The summed E-state index contributed by atoms with van der Waals surface area (Å²) < 4.78 is 1.97. The molecule has 5 rings (SSSR count). The van der Waals surface area contributed by atoms with Crippen molar-refractivity contribution in [3.05, 3.63) is 65.4 Å². The molecule has 2 fully saturated rings. The standard InChI is InChI=1S/C24H25N5OS/c25-13-12-24(10-11-24)17-28-14-4-9-21(28)22(30)27-23-26-19(16-31-23)20-8-5-15-29(20)18-6-2-1-3-7-18/h1-4,6-7,9,14,16,20H,5,8,10-12,15,17H2,(H,26,27,30)/t20-/m1/s1. The molecule has 6 nitrogen and oxygen atoms in total. The minimum Gasteiger partial charge on any atom is -0.363 e. The Kier molecular flexibility index (Phi) is 5.24. The van der Waals surface area contributed by atoms with Crippen LogP contribution in [0.25, 0.3) is 0 Å². The number of carbonyl (C=O) groups excluding carboxylic acids is 1. The van der Waals surface area contributed by atoms with Gasteiger partial charge in [-0.25, -0.2) is 4.98 Å². The van der Waals surface area contributed by atoms with Crippen LogP contribution in [0.5, 0.6) is 0 Å². The molecule has 0 spiro atoms. The van der Waals surface area contributed by atoms with Gasteiger partial charge in [0.1, 0.15) is 5.69 Å². The van der Waals surface area contributed by atoms with Crippen LogP contribution >= 0.6 is 11.3 Å². The number of rotatable bonds is 7. The number of nitrogens with one attached hydrogen (secondary N) is 1. The van der Waals surface area contributed by atoms with Crippen molar-refractivity contribution in [1.29, 1.82) is 5.26 Å². The predicted molar refractivity (Wildman–Crippen MR) is 122 cm³/mol. The maximum atomic E-state index is 12.9. The lowest BCUT2D eigenvalue weighted by molar-refractivity contribution is 0.101. The molecule has 1 amide bonds. The number of para-hydroxylation sites is 1. The summed E-state index contributed by atoms with van der Waals surface area (Å²) in [7, 11) is 0. The average molecular weight is 432 g/mol. The molecule has 1 atom stereocenters. The second-order valence-electron chi connectivity index (χ2n) is 8.57. The van der Waals surface area contributed by atoms with E-state index >= 15 is 0 Å². The van der Waals surface area contributed by atoms with E-state index in [4.69, 9.17) is 10.2 Å². The van der Waals surface area contributed by atoms with Crippen molar-refractivity contribution in [2.24, 2.45) is 5.41 Å². The van der Waals surface area contributed by atoms with Gasteiger partial charge in [-0.2, -0.15) is 5.26 Å². The highest BCUT2D eigenvalue weighted by molar-refractivity contribution is 7.14. The second kappa shape index (κ2) is 8.20. The van der Waals surface area contributed by atoms with E-state index in [9.17, 15) is 4.79 Å². The number of nitriles is 1. The van der Waals surface area contributed by atoms with Crippen LogP contribution < -0.4 is 10.2 Å². The summed E-state index contributed by atoms with van der Waals surface area (Å²) in [5.74, 6) is -0.148. The van der Waals surface area contributed by atoms with Crippen molar-refractivity contribution in [3.8, 4) is 6.07 Å². The average Bonchev–Trinajstić information content (AvgIpc) is 3.19. The van der Waals surface area contributed by atoms with Gasteiger partial charge in [-0.3, -0.25) is 10.1 Å². The van der Waals surface area contributed by atoms with Gasteiger partial charge in [-0.1, -0.05) is 18.2 Å². The maximum Gasteiger partial charge on any atom is 0.274 e. The highest BCUT2D eigenvalue weighted by Gasteiger charge is 2.43. The number of aromatic nitrogens is 2. The molecule has 2 aromatic heterocycles. The lowest BCUT2D eigenvalue weighted by Crippen LogP contribution is -2.23. The van der Waals surface area contributed by atoms with Crippen molar-refractivity contribution in [3.63, 3.8) is 0 Å². The first kappa shape index (κ1) is 19.8. The molecule has 1 N–H and O–H groups in total. The van der Waals surface area contributed by atoms with Gasteiger partial charge >= 0.3 is 0 Å². The predicted octanol–water partition coefficient (Wildman–Crippen LogP) is 5.23. The molecule has 158 valence electrons. The van der Waals surface area contributed by atoms with Crippen LogP contribution in [0.15, 0.2) is 54.0 Å². The van der Waals surface area contributed by atoms with E-state index in [0.29, 0.717) is 23.8 Å². The Morgan fingerprint density at radius 2 is 2.10 bits per heavy atom. The third-order valence-electron chi connectivity index (χ3n) is 6.40. The molecular weight excluding hydrogens is 406 g/mol. The van der Waals surface area contributed by atoms with E-state index in [1.165, 1.54) is 17.0 Å². The number of anilines is 2. The number of hydrogen-bond donors (Lipinski definition) is 1. The summed E-state index contributed by atoms with van der Waals surface area (Å²) in [5, 5.41) is 14.8. The van der Waals surface area contributed by atoms with Crippen LogP contribution in [-0.4, -0.2) is 22.0 Å². The molecule has 0 bridgehead atoms. The summed E-state index contributed by atoms with van der Waals surface area (Å²) >= 11 is 1.48. The molecular formula is C24H25N5OS. The zero-order chi connectivity index (χ0) is 21.3. The number of carbonyl (C=O) groups is 1. The van der Waals surface area contributed by atoms with E-state index in [1.807, 2.05) is 29.0 Å². The topological polar surface area (TPSA) is 74.0 Å². The SMILES string of the molecule is N#CCC1(Cn2cccc2C(=O)Nc2nc([C@H]3CCCN3c3ccccc3)cs2)CC1. The van der Waals surface area contributed by atoms with Crippen molar-refractivity contribution < 1.29 is 4.79 Å². The first-order valence-electron chi connectivity index (χ1n) is 10.8. The Bertz CT molecular complexity index is 1110. The number of hydrogen-bond acceptors (Lipinski definition) is 5. The molecule has 1 saturated heterocycles. The fourth-order valence-electron chi connectivity index (χ4n) is 4.52. The third kappa shape index (κ3) is 4.08. The van der Waals surface area contributed by atoms with Gasteiger partial charge in [0.05, 0.1) is 17.8 Å². The van der Waals surface area contributed by atoms with Gasteiger partial charge in [0.25, 0.3) is 5.91 Å². The summed E-state index contributed by atoms with van der Waals surface area (Å²) in [6.07, 6.45) is 6.77. The van der Waals surface area contributed by atoms with Crippen LogP contribution in [0.2, 0.25) is 0 Å². The minimum absolute atomic E-state index is 0.0422. The number of nitrogens with zero attached hydrogens (tertiary/aromatic N) is 4. The number of benzene rings is 1. The zero-order valence-electron chi connectivity index (χ0n) is 17.3. The summed E-state index contributed by atoms with van der Waals surface area (Å²) in [4.78, 5) is 20.1. The van der Waals surface area contributed by atoms with Gasteiger partial charge in [0.15, 0.2) is 5.13 Å². The molecule has 1 aliphatic carbocycles. The van der Waals surface area contributed by atoms with Gasteiger partial charge in [-0.15, -0.1) is 11.3 Å². The smallest absolute Gasteiger partial charge is 0.274 e. The lowest BCUT2D eigenvalue weighted by Gasteiger charge is -2.25. The monoisotopic (exact) mass is 431 g/mol. The van der Waals surface area contributed by atoms with E-state index in [-0.39, 0.29) is 17.4 Å². The van der Waals surface area contributed by atoms with Crippen LogP contribution in [-0.2, 0) is 6.54 Å². The second-order valence-corrected chi connectivity index (χ2v) is 9.43. The van der Waals surface area contributed by atoms with Gasteiger partial charge in [0, 0.05) is 42.2 Å². The van der Waals surface area contributed by atoms with Crippen LogP contribution in [0.1, 0.15) is 54.3 Å². The third-order valence-corrected chi connectivity index (χ3v) is 7.18. The van der Waals surface area contributed by atoms with E-state index in [2.05, 4.69) is 45.9 Å². The van der Waals surface area contributed by atoms with Crippen LogP contribution in [0.4, 0.5) is 10.8 Å². The van der Waals surface area contributed by atoms with Gasteiger partial charge in [0.2, 0.25) is 0 Å². The van der Waals surface area contributed by atoms with Crippen molar-refractivity contribution in [2.45, 2.75) is 44.7 Å². The van der Waals surface area contributed by atoms with Gasteiger partial charge < -0.3 is 9.47 Å². The van der Waals surface area contributed by atoms with Crippen molar-refractivity contribution >= 4 is 28.1 Å². The maximum absolute atomic E-state index is 12.9. The molecule has 3 heterocycles. The van der Waals surface area contributed by atoms with Crippen LogP contribution in [0, 0.1) is 16.7 Å². The Hall–Kier alpha value is -3.11. The Morgan fingerprint density at radius 1 is 1.26 bits per heavy atom. The summed E-state index contributed by atoms with van der Waals surface area (Å²) in [6, 6.07) is 16.7. The first-order chi connectivity index (χ1) is 15.2. The summed E-state index contributed by atoms with van der Waals surface area (Å²) in [6.45, 7) is 1.74. The quantitative estimate of drug-likeness (QED) is 0.556. The van der Waals surface area contributed by atoms with Crippen molar-refractivity contribution in [1.82, 2.24) is 9.55 Å². The van der Waals surface area contributed by atoms with E-state index < -0.39 is 0 Å². The lowest BCUT2D eigenvalue weighted by atomic mass is 10.0. The van der Waals surface area contributed by atoms with E-state index in [1.54, 1.807) is 0 Å². The van der Waals surface area contributed by atoms with E-state index in [0.717, 1.165) is 37.9 Å². The number of thiazole rings is 1. The molecule has 7 heteroatoms. The Morgan fingerprint density at radius 3 is 2.87 bits per heavy atom. The molecule has 31 heavy (non-hydrogen) atoms. The largest absolute Gasteiger partial charge is 0.363 e. The van der Waals surface area contributed by atoms with Crippen LogP contribution in [0.3, 0.4) is 0 Å². The molecule has 1 aliphatic heterocycles. The Balaban J connectivity index is 1.28. The molecule has 2 aliphatic rings. The fourth-order valence-corrected chi connectivity index (χ4v) is 5.27. The highest BCUT2D eigenvalue weighted by Crippen LogP contribution is 2.50.